The van der Waals surface area contributed by atoms with E-state index in [1.54, 1.807) is 4.90 Å². The zero-order chi connectivity index (χ0) is 14.3. The molecule has 1 rings (SSSR count). The van der Waals surface area contributed by atoms with Gasteiger partial charge in [0.05, 0.1) is 6.61 Å². The number of nitrogens with zero attached hydrogens (tertiary/aromatic N) is 2. The maximum atomic E-state index is 12.3. The van der Waals surface area contributed by atoms with Crippen molar-refractivity contribution in [3.8, 4) is 0 Å². The molecule has 0 aromatic carbocycles. The van der Waals surface area contributed by atoms with Crippen molar-refractivity contribution in [1.29, 1.82) is 0 Å². The van der Waals surface area contributed by atoms with Crippen LogP contribution >= 0.6 is 11.6 Å². The highest BCUT2D eigenvalue weighted by Crippen LogP contribution is 2.16. The van der Waals surface area contributed by atoms with Crippen LogP contribution in [0, 0.1) is 0 Å². The minimum atomic E-state index is -0.191. The zero-order valence-electron chi connectivity index (χ0n) is 10.9. The molecule has 0 atom stereocenters. The van der Waals surface area contributed by atoms with Gasteiger partial charge in [0.1, 0.15) is 11.0 Å². The third kappa shape index (κ3) is 4.66. The molecule has 1 aromatic rings. The molecule has 0 saturated heterocycles. The Morgan fingerprint density at radius 1 is 1.53 bits per heavy atom. The average Bonchev–Trinajstić information content (AvgIpc) is 2.41. The molecule has 7 heteroatoms. The van der Waals surface area contributed by atoms with Crippen molar-refractivity contribution < 1.29 is 9.90 Å². The van der Waals surface area contributed by atoms with Crippen LogP contribution in [0.3, 0.4) is 0 Å². The number of carbonyl (C=O) groups excluding carboxylic acids is 1. The maximum Gasteiger partial charge on any atom is 0.254 e. The number of nitrogens with two attached hydrogens (primary N) is 1. The molecule has 0 spiro atoms. The monoisotopic (exact) mass is 286 g/mol. The van der Waals surface area contributed by atoms with Gasteiger partial charge < -0.3 is 15.4 Å². The van der Waals surface area contributed by atoms with Crippen LogP contribution in [0.5, 0.6) is 0 Å². The van der Waals surface area contributed by atoms with E-state index in [0.717, 1.165) is 12.8 Å². The van der Waals surface area contributed by atoms with E-state index in [2.05, 4.69) is 10.4 Å². The third-order valence-electron chi connectivity index (χ3n) is 2.63. The number of rotatable bonds is 7. The summed E-state index contributed by atoms with van der Waals surface area (Å²) in [6, 6.07) is 3.02. The van der Waals surface area contributed by atoms with E-state index in [-0.39, 0.29) is 17.7 Å². The summed E-state index contributed by atoms with van der Waals surface area (Å²) in [5.74, 6) is 5.40. The Hall–Kier alpha value is -1.37. The van der Waals surface area contributed by atoms with Crippen LogP contribution in [0.2, 0.25) is 5.15 Å². The van der Waals surface area contributed by atoms with Crippen LogP contribution in [0.1, 0.15) is 30.1 Å². The standard InChI is InChI=1S/C12H19ClN4O2/c1-2-3-4-17(5-6-18)12(19)9-7-10(13)15-11(8-9)16-14/h7-8,18H,2-6,14H2,1H3,(H,15,16). The number of nitrogens with one attached hydrogen (secondary N) is 1. The maximum absolute atomic E-state index is 12.3. The van der Waals surface area contributed by atoms with Crippen LogP contribution in [0.15, 0.2) is 12.1 Å². The van der Waals surface area contributed by atoms with Crippen LogP contribution in [0.25, 0.3) is 0 Å². The van der Waals surface area contributed by atoms with Crippen molar-refractivity contribution in [2.24, 2.45) is 5.84 Å². The van der Waals surface area contributed by atoms with Crippen LogP contribution in [-0.4, -0.2) is 40.6 Å². The number of hydrazine groups is 1. The van der Waals surface area contributed by atoms with Crippen molar-refractivity contribution in [3.05, 3.63) is 22.8 Å². The number of anilines is 1. The summed E-state index contributed by atoms with van der Waals surface area (Å²) in [7, 11) is 0. The van der Waals surface area contributed by atoms with Gasteiger partial charge >= 0.3 is 0 Å². The lowest BCUT2D eigenvalue weighted by atomic mass is 10.2. The van der Waals surface area contributed by atoms with E-state index in [0.29, 0.717) is 24.5 Å². The Balaban J connectivity index is 2.91. The molecule has 4 N–H and O–H groups in total. The average molecular weight is 287 g/mol. The lowest BCUT2D eigenvalue weighted by Crippen LogP contribution is -2.34. The first-order valence-electron chi connectivity index (χ1n) is 6.16. The van der Waals surface area contributed by atoms with Gasteiger partial charge in [-0.15, -0.1) is 0 Å². The summed E-state index contributed by atoms with van der Waals surface area (Å²) in [4.78, 5) is 17.8. The van der Waals surface area contributed by atoms with E-state index in [9.17, 15) is 4.79 Å². The molecule has 19 heavy (non-hydrogen) atoms. The summed E-state index contributed by atoms with van der Waals surface area (Å²) < 4.78 is 0. The molecule has 0 fully saturated rings. The van der Waals surface area contributed by atoms with Crippen molar-refractivity contribution in [2.45, 2.75) is 19.8 Å². The summed E-state index contributed by atoms with van der Waals surface area (Å²) in [6.07, 6.45) is 1.86. The lowest BCUT2D eigenvalue weighted by molar-refractivity contribution is 0.0719. The van der Waals surface area contributed by atoms with Crippen LogP contribution in [-0.2, 0) is 0 Å². The predicted octanol–water partition coefficient (Wildman–Crippen LogP) is 1.26. The topological polar surface area (TPSA) is 91.5 Å². The molecule has 106 valence electrons. The van der Waals surface area contributed by atoms with E-state index in [1.165, 1.54) is 12.1 Å². The molecule has 0 bridgehead atoms. The molecule has 0 aliphatic heterocycles. The van der Waals surface area contributed by atoms with Gasteiger partial charge in [-0.2, -0.15) is 0 Å². The molecule has 0 aliphatic carbocycles. The fourth-order valence-corrected chi connectivity index (χ4v) is 1.87. The first-order chi connectivity index (χ1) is 9.12. The van der Waals surface area contributed by atoms with Gasteiger partial charge in [0.25, 0.3) is 5.91 Å². The Labute approximate surface area is 117 Å². The van der Waals surface area contributed by atoms with Gasteiger partial charge in [-0.3, -0.25) is 4.79 Å². The van der Waals surface area contributed by atoms with Gasteiger partial charge in [0.15, 0.2) is 0 Å². The van der Waals surface area contributed by atoms with Crippen molar-refractivity contribution in [1.82, 2.24) is 9.88 Å². The number of nitrogen functional groups attached to an aromatic ring is 1. The van der Waals surface area contributed by atoms with Crippen LogP contribution in [0.4, 0.5) is 5.82 Å². The summed E-state index contributed by atoms with van der Waals surface area (Å²) >= 11 is 5.83. The molecule has 1 aromatic heterocycles. The Morgan fingerprint density at radius 3 is 2.84 bits per heavy atom. The minimum absolute atomic E-state index is 0.0731. The molecule has 0 aliphatic rings. The summed E-state index contributed by atoms with van der Waals surface area (Å²) in [5.41, 5.74) is 2.76. The smallest absolute Gasteiger partial charge is 0.254 e. The Kier molecular flexibility index (Phi) is 6.55. The highest BCUT2D eigenvalue weighted by Gasteiger charge is 2.16. The number of aliphatic hydroxyl groups excluding tert-OH is 1. The quantitative estimate of drug-likeness (QED) is 0.399. The second-order valence-electron chi connectivity index (χ2n) is 4.08. The summed E-state index contributed by atoms with van der Waals surface area (Å²) in [6.45, 7) is 2.86. The molecule has 6 nitrogen and oxygen atoms in total. The van der Waals surface area contributed by atoms with Gasteiger partial charge in [0.2, 0.25) is 0 Å². The normalized spacial score (nSPS) is 10.3. The second-order valence-corrected chi connectivity index (χ2v) is 4.46. The van der Waals surface area contributed by atoms with Crippen molar-refractivity contribution in [2.75, 3.05) is 25.1 Å². The largest absolute Gasteiger partial charge is 0.395 e. The van der Waals surface area contributed by atoms with Gasteiger partial charge in [-0.05, 0) is 18.6 Å². The van der Waals surface area contributed by atoms with Crippen molar-refractivity contribution in [3.63, 3.8) is 0 Å². The van der Waals surface area contributed by atoms with Crippen molar-refractivity contribution >= 4 is 23.3 Å². The highest BCUT2D eigenvalue weighted by molar-refractivity contribution is 6.29. The van der Waals surface area contributed by atoms with Crippen LogP contribution < -0.4 is 11.3 Å². The van der Waals surface area contributed by atoms with E-state index < -0.39 is 0 Å². The fraction of sp³-hybridized carbons (Fsp3) is 0.500. The number of pyridine rings is 1. The molecule has 0 radical (unpaired) electrons. The number of halogens is 1. The first-order valence-corrected chi connectivity index (χ1v) is 6.54. The number of unbranched alkanes of at least 4 members (excludes halogenated alkanes) is 1. The minimum Gasteiger partial charge on any atom is -0.395 e. The van der Waals surface area contributed by atoms with E-state index in [1.807, 2.05) is 6.92 Å². The number of hydrogen-bond acceptors (Lipinski definition) is 5. The van der Waals surface area contributed by atoms with E-state index in [4.69, 9.17) is 22.6 Å². The van der Waals surface area contributed by atoms with Gasteiger partial charge in [0, 0.05) is 18.7 Å². The lowest BCUT2D eigenvalue weighted by Gasteiger charge is -2.21. The van der Waals surface area contributed by atoms with Gasteiger partial charge in [-0.1, -0.05) is 24.9 Å². The third-order valence-corrected chi connectivity index (χ3v) is 2.82. The van der Waals surface area contributed by atoms with Gasteiger partial charge in [-0.25, -0.2) is 10.8 Å². The molecule has 1 heterocycles. The number of hydrogen-bond donors (Lipinski definition) is 3. The number of aliphatic hydroxyl groups is 1. The zero-order valence-corrected chi connectivity index (χ0v) is 11.7. The predicted molar refractivity (Wildman–Crippen MR) is 75.0 cm³/mol. The molecular formula is C12H19ClN4O2. The second kappa shape index (κ2) is 7.93. The highest BCUT2D eigenvalue weighted by atomic mass is 35.5. The SMILES string of the molecule is CCCCN(CCO)C(=O)c1cc(Cl)nc(NN)c1. The Bertz CT molecular complexity index is 428. The number of aromatic nitrogens is 1. The fourth-order valence-electron chi connectivity index (χ4n) is 1.66. The number of carbonyl (C=O) groups is 1. The molecule has 1 amide bonds. The van der Waals surface area contributed by atoms with E-state index >= 15 is 0 Å². The number of amides is 1. The molecular weight excluding hydrogens is 268 g/mol. The molecule has 0 saturated carbocycles. The summed E-state index contributed by atoms with van der Waals surface area (Å²) in [5, 5.41) is 9.22. The molecule has 0 unspecified atom stereocenters. The Morgan fingerprint density at radius 2 is 2.26 bits per heavy atom. The first kappa shape index (κ1) is 15.7.